The fraction of sp³-hybridized carbons (Fsp3) is 0.391. The molecule has 7 heteroatoms. The summed E-state index contributed by atoms with van der Waals surface area (Å²) in [6, 6.07) is 18.0. The number of amides is 2. The van der Waals surface area contributed by atoms with Crippen molar-refractivity contribution < 1.29 is 19.1 Å². The van der Waals surface area contributed by atoms with E-state index in [2.05, 4.69) is 10.2 Å². The summed E-state index contributed by atoms with van der Waals surface area (Å²) in [5, 5.41) is 2.97. The molecule has 30 heavy (non-hydrogen) atoms. The molecule has 1 aliphatic heterocycles. The van der Waals surface area contributed by atoms with E-state index in [1.165, 1.54) is 4.90 Å². The molecule has 2 aromatic carbocycles. The number of benzene rings is 2. The van der Waals surface area contributed by atoms with E-state index >= 15 is 0 Å². The van der Waals surface area contributed by atoms with Gasteiger partial charge in [0.25, 0.3) is 0 Å². The highest BCUT2D eigenvalue weighted by molar-refractivity contribution is 5.86. The second-order valence-electron chi connectivity index (χ2n) is 7.21. The van der Waals surface area contributed by atoms with E-state index in [-0.39, 0.29) is 12.5 Å². The lowest BCUT2D eigenvalue weighted by atomic mass is 10.1. The molecule has 0 aromatic heterocycles. The van der Waals surface area contributed by atoms with Gasteiger partial charge in [0.1, 0.15) is 12.6 Å². The van der Waals surface area contributed by atoms with Gasteiger partial charge in [0.05, 0.1) is 13.2 Å². The second-order valence-corrected chi connectivity index (χ2v) is 7.21. The van der Waals surface area contributed by atoms with Gasteiger partial charge in [-0.15, -0.1) is 0 Å². The van der Waals surface area contributed by atoms with Gasteiger partial charge in [0.15, 0.2) is 0 Å². The molecule has 2 aromatic rings. The summed E-state index contributed by atoms with van der Waals surface area (Å²) in [4.78, 5) is 29.3. The number of carbonyl (C=O) groups excluding carboxylic acids is 2. The van der Waals surface area contributed by atoms with Crippen LogP contribution < -0.4 is 5.32 Å². The zero-order valence-electron chi connectivity index (χ0n) is 17.3. The van der Waals surface area contributed by atoms with Crippen LogP contribution in [-0.2, 0) is 20.9 Å². The Kier molecular flexibility index (Phi) is 8.23. The van der Waals surface area contributed by atoms with Crippen molar-refractivity contribution in [3.05, 3.63) is 71.8 Å². The highest BCUT2D eigenvalue weighted by Crippen LogP contribution is 2.21. The molecule has 7 nitrogen and oxygen atoms in total. The summed E-state index contributed by atoms with van der Waals surface area (Å²) in [6.45, 7) is 4.58. The summed E-state index contributed by atoms with van der Waals surface area (Å²) < 4.78 is 10.8. The highest BCUT2D eigenvalue weighted by Gasteiger charge is 2.29. The number of likely N-dealkylation sites (N-methyl/N-ethyl adjacent to an activating group) is 1. The molecule has 0 spiro atoms. The predicted octanol–water partition coefficient (Wildman–Crippen LogP) is 2.44. The van der Waals surface area contributed by atoms with E-state index in [9.17, 15) is 9.59 Å². The molecule has 1 heterocycles. The zero-order valence-corrected chi connectivity index (χ0v) is 17.3. The van der Waals surface area contributed by atoms with Crippen molar-refractivity contribution in [1.82, 2.24) is 15.1 Å². The van der Waals surface area contributed by atoms with E-state index < -0.39 is 12.1 Å². The van der Waals surface area contributed by atoms with E-state index in [4.69, 9.17) is 9.47 Å². The first-order valence-electron chi connectivity index (χ1n) is 10.2. The van der Waals surface area contributed by atoms with Crippen LogP contribution in [0.25, 0.3) is 0 Å². The van der Waals surface area contributed by atoms with E-state index in [1.807, 2.05) is 60.7 Å². The quantitative estimate of drug-likeness (QED) is 0.723. The minimum Gasteiger partial charge on any atom is -0.445 e. The van der Waals surface area contributed by atoms with E-state index in [0.29, 0.717) is 6.54 Å². The van der Waals surface area contributed by atoms with Crippen LogP contribution >= 0.6 is 0 Å². The summed E-state index contributed by atoms with van der Waals surface area (Å²) in [7, 11) is 1.59. The van der Waals surface area contributed by atoms with Gasteiger partial charge >= 0.3 is 6.09 Å². The van der Waals surface area contributed by atoms with Gasteiger partial charge in [-0.2, -0.15) is 0 Å². The molecule has 160 valence electrons. The average molecular weight is 412 g/mol. The van der Waals surface area contributed by atoms with Crippen LogP contribution in [-0.4, -0.2) is 68.2 Å². The van der Waals surface area contributed by atoms with Crippen molar-refractivity contribution in [2.75, 3.05) is 46.4 Å². The molecular weight excluding hydrogens is 382 g/mol. The summed E-state index contributed by atoms with van der Waals surface area (Å²) >= 11 is 0. The number of nitrogens with zero attached hydrogens (tertiary/aromatic N) is 2. The molecule has 1 saturated heterocycles. The number of carbonyl (C=O) groups is 2. The Bertz CT molecular complexity index is 795. The molecule has 0 radical (unpaired) electrons. The Morgan fingerprint density at radius 2 is 1.70 bits per heavy atom. The SMILES string of the molecule is CN(C(=O)OCc1ccccc1)[C@H](C(=O)NCCN1CCOCC1)c1ccccc1. The fourth-order valence-corrected chi connectivity index (χ4v) is 3.37. The number of morpholine rings is 1. The van der Waals surface area contributed by atoms with Crippen LogP contribution in [0.3, 0.4) is 0 Å². The van der Waals surface area contributed by atoms with Crippen LogP contribution in [0.2, 0.25) is 0 Å². The van der Waals surface area contributed by atoms with Gasteiger partial charge in [-0.05, 0) is 11.1 Å². The molecular formula is C23H29N3O4. The van der Waals surface area contributed by atoms with Crippen LogP contribution in [0.5, 0.6) is 0 Å². The Labute approximate surface area is 177 Å². The van der Waals surface area contributed by atoms with E-state index in [1.54, 1.807) is 7.05 Å². The standard InChI is InChI=1S/C23H29N3O4/c1-25(23(28)30-18-19-8-4-2-5-9-19)21(20-10-6-3-7-11-20)22(27)24-12-13-26-14-16-29-17-15-26/h2-11,21H,12-18H2,1H3,(H,24,27)/t21-/m0/s1. The summed E-state index contributed by atoms with van der Waals surface area (Å²) in [6.07, 6.45) is -0.545. The third-order valence-corrected chi connectivity index (χ3v) is 5.08. The van der Waals surface area contributed by atoms with Crippen molar-refractivity contribution in [3.8, 4) is 0 Å². The van der Waals surface area contributed by atoms with Crippen molar-refractivity contribution in [1.29, 1.82) is 0 Å². The molecule has 0 bridgehead atoms. The molecule has 0 unspecified atom stereocenters. The number of rotatable bonds is 8. The number of hydrogen-bond donors (Lipinski definition) is 1. The fourth-order valence-electron chi connectivity index (χ4n) is 3.37. The van der Waals surface area contributed by atoms with Gasteiger partial charge in [0, 0.05) is 33.2 Å². The monoisotopic (exact) mass is 411 g/mol. The molecule has 3 rings (SSSR count). The van der Waals surface area contributed by atoms with Crippen LogP contribution in [0, 0.1) is 0 Å². The topological polar surface area (TPSA) is 71.1 Å². The number of hydrogen-bond acceptors (Lipinski definition) is 5. The lowest BCUT2D eigenvalue weighted by Gasteiger charge is -2.29. The smallest absolute Gasteiger partial charge is 0.410 e. The largest absolute Gasteiger partial charge is 0.445 e. The van der Waals surface area contributed by atoms with Gasteiger partial charge in [-0.25, -0.2) is 4.79 Å². The molecule has 0 saturated carbocycles. The van der Waals surface area contributed by atoms with Crippen molar-refractivity contribution in [3.63, 3.8) is 0 Å². The zero-order chi connectivity index (χ0) is 21.2. The van der Waals surface area contributed by atoms with Crippen molar-refractivity contribution in [2.24, 2.45) is 0 Å². The van der Waals surface area contributed by atoms with Crippen LogP contribution in [0.15, 0.2) is 60.7 Å². The Morgan fingerprint density at radius 3 is 2.37 bits per heavy atom. The lowest BCUT2D eigenvalue weighted by molar-refractivity contribution is -0.126. The van der Waals surface area contributed by atoms with Crippen LogP contribution in [0.1, 0.15) is 17.2 Å². The normalized spacial score (nSPS) is 15.2. The second kappa shape index (κ2) is 11.3. The highest BCUT2D eigenvalue weighted by atomic mass is 16.6. The first-order chi connectivity index (χ1) is 14.6. The molecule has 0 aliphatic carbocycles. The van der Waals surface area contributed by atoms with Gasteiger partial charge < -0.3 is 14.8 Å². The Balaban J connectivity index is 1.60. The third kappa shape index (κ3) is 6.30. The summed E-state index contributed by atoms with van der Waals surface area (Å²) in [5.74, 6) is -0.228. The minimum absolute atomic E-state index is 0.157. The maximum Gasteiger partial charge on any atom is 0.410 e. The first kappa shape index (κ1) is 21.8. The maximum atomic E-state index is 13.0. The molecule has 1 atom stereocenters. The van der Waals surface area contributed by atoms with Crippen LogP contribution in [0.4, 0.5) is 4.79 Å². The Morgan fingerprint density at radius 1 is 1.07 bits per heavy atom. The molecule has 2 amide bonds. The van der Waals surface area contributed by atoms with Crippen molar-refractivity contribution in [2.45, 2.75) is 12.6 Å². The molecule has 1 fully saturated rings. The average Bonchev–Trinajstić information content (AvgIpc) is 2.79. The predicted molar refractivity (Wildman–Crippen MR) is 114 cm³/mol. The lowest BCUT2D eigenvalue weighted by Crippen LogP contribution is -2.45. The van der Waals surface area contributed by atoms with Gasteiger partial charge in [0.2, 0.25) is 5.91 Å². The van der Waals surface area contributed by atoms with Gasteiger partial charge in [-0.1, -0.05) is 60.7 Å². The molecule has 1 aliphatic rings. The third-order valence-electron chi connectivity index (χ3n) is 5.08. The maximum absolute atomic E-state index is 13.0. The van der Waals surface area contributed by atoms with E-state index in [0.717, 1.165) is 44.0 Å². The minimum atomic E-state index is -0.765. The van der Waals surface area contributed by atoms with Crippen molar-refractivity contribution >= 4 is 12.0 Å². The number of nitrogens with one attached hydrogen (secondary N) is 1. The first-order valence-corrected chi connectivity index (χ1v) is 10.2. The molecule has 1 N–H and O–H groups in total. The number of ether oxygens (including phenoxy) is 2. The summed E-state index contributed by atoms with van der Waals surface area (Å²) in [5.41, 5.74) is 1.63. The van der Waals surface area contributed by atoms with Gasteiger partial charge in [-0.3, -0.25) is 14.6 Å². The Hall–Kier alpha value is -2.90.